The highest BCUT2D eigenvalue weighted by atomic mass is 16.3. The van der Waals surface area contributed by atoms with Crippen LogP contribution in [0, 0.1) is 34.5 Å². The number of aliphatic hydroxyl groups excluding tert-OH is 2. The first kappa shape index (κ1) is 17.9. The van der Waals surface area contributed by atoms with Crippen molar-refractivity contribution in [2.24, 2.45) is 34.5 Å². The summed E-state index contributed by atoms with van der Waals surface area (Å²) < 4.78 is 0. The molecule has 0 heterocycles. The van der Waals surface area contributed by atoms with Crippen LogP contribution in [0.2, 0.25) is 0 Å². The molecule has 0 spiro atoms. The molecule has 4 aliphatic rings. The topological polar surface area (TPSA) is 77.8 Å². The van der Waals surface area contributed by atoms with Crippen molar-refractivity contribution in [2.75, 3.05) is 0 Å². The molecule has 3 N–H and O–H groups in total. The van der Waals surface area contributed by atoms with Crippen molar-refractivity contribution in [3.63, 3.8) is 0 Å². The number of hydrogen-bond acceptors (Lipinski definition) is 4. The second-order valence-corrected chi connectivity index (χ2v) is 10.0. The summed E-state index contributed by atoms with van der Waals surface area (Å²) in [5, 5.41) is 31.6. The molecule has 0 aliphatic heterocycles. The summed E-state index contributed by atoms with van der Waals surface area (Å²) in [5.41, 5.74) is -1.54. The maximum Gasteiger partial charge on any atom is 0.141 e. The number of hydrogen-bond donors (Lipinski definition) is 3. The predicted octanol–water partition coefficient (Wildman–Crippen LogP) is 2.68. The van der Waals surface area contributed by atoms with E-state index in [-0.39, 0.29) is 16.6 Å². The van der Waals surface area contributed by atoms with Crippen molar-refractivity contribution in [3.8, 4) is 0 Å². The standard InChI is InChI=1S/C21H34O4/c1-12(22)21(25)9-7-16-15-5-4-13-10-14(23)11-18(24)20(13,3)17(15)6-8-19(16,21)2/h12-17,22-23,25H,4-11H2,1-3H3/t12-,13+,14-,15-,16-,17+,19-,20-,21-/m0/s1. The first-order valence-electron chi connectivity index (χ1n) is 10.3. The maximum absolute atomic E-state index is 13.0. The van der Waals surface area contributed by atoms with Crippen molar-refractivity contribution in [1.82, 2.24) is 0 Å². The third-order valence-corrected chi connectivity index (χ3v) is 9.39. The predicted molar refractivity (Wildman–Crippen MR) is 94.8 cm³/mol. The zero-order chi connectivity index (χ0) is 18.2. The van der Waals surface area contributed by atoms with E-state index in [0.717, 1.165) is 38.5 Å². The van der Waals surface area contributed by atoms with E-state index in [4.69, 9.17) is 0 Å². The third-order valence-electron chi connectivity index (χ3n) is 9.39. The average Bonchev–Trinajstić information content (AvgIpc) is 2.82. The van der Waals surface area contributed by atoms with Gasteiger partial charge < -0.3 is 15.3 Å². The molecule has 4 nitrogen and oxygen atoms in total. The van der Waals surface area contributed by atoms with Crippen LogP contribution in [0.5, 0.6) is 0 Å². The summed E-state index contributed by atoms with van der Waals surface area (Å²) in [7, 11) is 0. The Balaban J connectivity index is 1.67. The minimum absolute atomic E-state index is 0.247. The van der Waals surface area contributed by atoms with E-state index in [1.807, 2.05) is 0 Å². The van der Waals surface area contributed by atoms with Crippen LogP contribution < -0.4 is 0 Å². The van der Waals surface area contributed by atoms with Crippen LogP contribution in [0.4, 0.5) is 0 Å². The van der Waals surface area contributed by atoms with Crippen LogP contribution in [0.3, 0.4) is 0 Å². The summed E-state index contributed by atoms with van der Waals surface area (Å²) in [6, 6.07) is 0. The highest BCUT2D eigenvalue weighted by molar-refractivity contribution is 5.86. The normalized spacial score (nSPS) is 56.7. The van der Waals surface area contributed by atoms with Crippen molar-refractivity contribution < 1.29 is 20.1 Å². The zero-order valence-electron chi connectivity index (χ0n) is 15.9. The van der Waals surface area contributed by atoms with Gasteiger partial charge in [-0.05, 0) is 75.5 Å². The Morgan fingerprint density at radius 3 is 2.44 bits per heavy atom. The SMILES string of the molecule is C[C@H](O)[C@@]1(O)CC[C@H]2[C@@H]3CC[C@@H]4C[C@H](O)CC(=O)[C@]4(C)[C@@H]3CC[C@@]21C. The molecule has 4 saturated carbocycles. The molecule has 25 heavy (non-hydrogen) atoms. The van der Waals surface area contributed by atoms with E-state index in [1.165, 1.54) is 0 Å². The Bertz CT molecular complexity index is 574. The van der Waals surface area contributed by atoms with Crippen molar-refractivity contribution in [1.29, 1.82) is 0 Å². The lowest BCUT2D eigenvalue weighted by Crippen LogP contribution is -2.61. The van der Waals surface area contributed by atoms with Gasteiger partial charge in [-0.25, -0.2) is 0 Å². The van der Waals surface area contributed by atoms with Gasteiger partial charge in [0.1, 0.15) is 5.78 Å². The lowest BCUT2D eigenvalue weighted by molar-refractivity contribution is -0.188. The molecule has 0 aromatic carbocycles. The van der Waals surface area contributed by atoms with Crippen LogP contribution in [0.25, 0.3) is 0 Å². The smallest absolute Gasteiger partial charge is 0.141 e. The van der Waals surface area contributed by atoms with Crippen LogP contribution in [-0.4, -0.2) is 38.9 Å². The molecule has 0 radical (unpaired) electrons. The molecule has 9 atom stereocenters. The lowest BCUT2D eigenvalue weighted by atomic mass is 9.44. The lowest BCUT2D eigenvalue weighted by Gasteiger charge is -2.61. The van der Waals surface area contributed by atoms with Gasteiger partial charge in [0.15, 0.2) is 0 Å². The number of rotatable bonds is 1. The van der Waals surface area contributed by atoms with E-state index in [9.17, 15) is 20.1 Å². The molecule has 0 aromatic heterocycles. The number of fused-ring (bicyclic) bond motifs is 5. The number of carbonyl (C=O) groups excluding carboxylic acids is 1. The Kier molecular flexibility index (Phi) is 3.97. The number of aliphatic hydroxyl groups is 3. The minimum atomic E-state index is -0.993. The summed E-state index contributed by atoms with van der Waals surface area (Å²) >= 11 is 0. The van der Waals surface area contributed by atoms with Crippen LogP contribution in [0.15, 0.2) is 0 Å². The molecule has 0 saturated heterocycles. The van der Waals surface area contributed by atoms with Gasteiger partial charge in [-0.2, -0.15) is 0 Å². The molecule has 0 bridgehead atoms. The number of ketones is 1. The van der Waals surface area contributed by atoms with E-state index in [1.54, 1.807) is 6.92 Å². The Labute approximate surface area is 151 Å². The fraction of sp³-hybridized carbons (Fsp3) is 0.952. The van der Waals surface area contributed by atoms with Crippen molar-refractivity contribution >= 4 is 5.78 Å². The number of carbonyl (C=O) groups is 1. The summed E-state index contributed by atoms with van der Waals surface area (Å²) in [5.74, 6) is 1.81. The van der Waals surface area contributed by atoms with Gasteiger partial charge in [0, 0.05) is 17.3 Å². The molecular formula is C21H34O4. The second kappa shape index (κ2) is 5.53. The van der Waals surface area contributed by atoms with Crippen LogP contribution >= 0.6 is 0 Å². The van der Waals surface area contributed by atoms with E-state index in [2.05, 4.69) is 13.8 Å². The molecule has 0 unspecified atom stereocenters. The fourth-order valence-corrected chi connectivity index (χ4v) is 7.81. The summed E-state index contributed by atoms with van der Waals surface area (Å²) in [6.45, 7) is 6.07. The second-order valence-electron chi connectivity index (χ2n) is 10.0. The Hall–Kier alpha value is -0.450. The molecule has 0 aromatic rings. The molecule has 0 amide bonds. The highest BCUT2D eigenvalue weighted by Crippen LogP contribution is 2.68. The molecule has 142 valence electrons. The quantitative estimate of drug-likeness (QED) is 0.679. The largest absolute Gasteiger partial charge is 0.393 e. The highest BCUT2D eigenvalue weighted by Gasteiger charge is 2.66. The van der Waals surface area contributed by atoms with Gasteiger partial charge in [-0.3, -0.25) is 4.79 Å². The molecule has 4 heteroatoms. The third kappa shape index (κ3) is 2.14. The Morgan fingerprint density at radius 2 is 1.76 bits per heavy atom. The van der Waals surface area contributed by atoms with Crippen LogP contribution in [-0.2, 0) is 4.79 Å². The molecule has 4 rings (SSSR count). The molecule has 4 fully saturated rings. The number of Topliss-reactive ketones (excluding diaryl/α,β-unsaturated/α-hetero) is 1. The van der Waals surface area contributed by atoms with Gasteiger partial charge in [0.25, 0.3) is 0 Å². The van der Waals surface area contributed by atoms with E-state index in [0.29, 0.717) is 36.5 Å². The summed E-state index contributed by atoms with van der Waals surface area (Å²) in [4.78, 5) is 13.0. The monoisotopic (exact) mass is 350 g/mol. The van der Waals surface area contributed by atoms with Crippen LogP contribution in [0.1, 0.15) is 72.1 Å². The van der Waals surface area contributed by atoms with E-state index >= 15 is 0 Å². The van der Waals surface area contributed by atoms with Gasteiger partial charge in [-0.1, -0.05) is 13.8 Å². The van der Waals surface area contributed by atoms with Crippen molar-refractivity contribution in [3.05, 3.63) is 0 Å². The molecule has 4 aliphatic carbocycles. The van der Waals surface area contributed by atoms with E-state index < -0.39 is 17.8 Å². The minimum Gasteiger partial charge on any atom is -0.393 e. The first-order valence-corrected chi connectivity index (χ1v) is 10.3. The van der Waals surface area contributed by atoms with Gasteiger partial charge in [-0.15, -0.1) is 0 Å². The fourth-order valence-electron chi connectivity index (χ4n) is 7.81. The van der Waals surface area contributed by atoms with Gasteiger partial charge in [0.2, 0.25) is 0 Å². The Morgan fingerprint density at radius 1 is 1.08 bits per heavy atom. The first-order chi connectivity index (χ1) is 11.6. The maximum atomic E-state index is 13.0. The zero-order valence-corrected chi connectivity index (χ0v) is 15.9. The molecular weight excluding hydrogens is 316 g/mol. The van der Waals surface area contributed by atoms with Gasteiger partial charge in [0.05, 0.1) is 17.8 Å². The van der Waals surface area contributed by atoms with Gasteiger partial charge >= 0.3 is 0 Å². The van der Waals surface area contributed by atoms with Crippen molar-refractivity contribution in [2.45, 2.75) is 89.9 Å². The summed E-state index contributed by atoms with van der Waals surface area (Å²) in [6.07, 6.45) is 5.50. The average molecular weight is 350 g/mol.